The Hall–Kier alpha value is -1.66. The van der Waals surface area contributed by atoms with Crippen molar-refractivity contribution in [1.82, 2.24) is 4.98 Å². The molecular formula is C14H12N2S. The molecule has 0 radical (unpaired) electrons. The number of aromatic nitrogens is 1. The highest BCUT2D eigenvalue weighted by atomic mass is 32.1. The van der Waals surface area contributed by atoms with Gasteiger partial charge in [0.1, 0.15) is 0 Å². The number of benzene rings is 1. The van der Waals surface area contributed by atoms with Crippen LogP contribution in [-0.2, 0) is 5.41 Å². The first-order chi connectivity index (χ1) is 8.21. The second-order valence-electron chi connectivity index (χ2n) is 4.79. The molecule has 0 amide bonds. The Bertz CT molecular complexity index is 603. The van der Waals surface area contributed by atoms with Gasteiger partial charge >= 0.3 is 0 Å². The van der Waals surface area contributed by atoms with E-state index in [1.54, 1.807) is 11.3 Å². The molecule has 1 saturated carbocycles. The summed E-state index contributed by atoms with van der Waals surface area (Å²) in [6, 6.07) is 9.79. The molecule has 0 spiro atoms. The Morgan fingerprint density at radius 3 is 2.94 bits per heavy atom. The highest BCUT2D eigenvalue weighted by Crippen LogP contribution is 2.49. The molecule has 1 aromatic carbocycles. The van der Waals surface area contributed by atoms with Crippen LogP contribution >= 0.6 is 11.3 Å². The van der Waals surface area contributed by atoms with Crippen LogP contribution < -0.4 is 0 Å². The zero-order valence-corrected chi connectivity index (χ0v) is 10.4. The minimum atomic E-state index is 0.329. The lowest BCUT2D eigenvalue weighted by atomic mass is 10.1. The van der Waals surface area contributed by atoms with Gasteiger partial charge in [0, 0.05) is 16.4 Å². The molecule has 1 aromatic heterocycles. The van der Waals surface area contributed by atoms with Crippen LogP contribution in [0.4, 0.5) is 0 Å². The summed E-state index contributed by atoms with van der Waals surface area (Å²) in [6.45, 7) is 2.27. The maximum absolute atomic E-state index is 8.89. The van der Waals surface area contributed by atoms with Gasteiger partial charge in [-0.1, -0.05) is 19.1 Å². The van der Waals surface area contributed by atoms with E-state index in [1.807, 2.05) is 24.3 Å². The minimum absolute atomic E-state index is 0.329. The highest BCUT2D eigenvalue weighted by molar-refractivity contribution is 7.10. The van der Waals surface area contributed by atoms with Crippen molar-refractivity contribution in [2.45, 2.75) is 25.2 Å². The van der Waals surface area contributed by atoms with Gasteiger partial charge in [0.2, 0.25) is 0 Å². The normalized spacial score (nSPS) is 16.5. The molecule has 2 nitrogen and oxygen atoms in total. The Labute approximate surface area is 105 Å². The van der Waals surface area contributed by atoms with E-state index in [0.29, 0.717) is 11.0 Å². The van der Waals surface area contributed by atoms with E-state index < -0.39 is 0 Å². The van der Waals surface area contributed by atoms with Gasteiger partial charge in [-0.25, -0.2) is 4.98 Å². The maximum Gasteiger partial charge on any atom is 0.0991 e. The van der Waals surface area contributed by atoms with Crippen LogP contribution in [0, 0.1) is 11.3 Å². The zero-order valence-electron chi connectivity index (χ0n) is 9.60. The summed E-state index contributed by atoms with van der Waals surface area (Å²) in [6.07, 6.45) is 2.50. The third kappa shape index (κ3) is 1.85. The van der Waals surface area contributed by atoms with Crippen molar-refractivity contribution in [2.24, 2.45) is 0 Å². The summed E-state index contributed by atoms with van der Waals surface area (Å²) in [7, 11) is 0. The van der Waals surface area contributed by atoms with Crippen LogP contribution in [0.1, 0.15) is 30.3 Å². The van der Waals surface area contributed by atoms with Crippen molar-refractivity contribution in [3.05, 3.63) is 40.2 Å². The minimum Gasteiger partial charge on any atom is -0.241 e. The van der Waals surface area contributed by atoms with Gasteiger partial charge in [-0.05, 0) is 25.0 Å². The zero-order chi connectivity index (χ0) is 11.9. The van der Waals surface area contributed by atoms with Gasteiger partial charge in [0.05, 0.1) is 22.3 Å². The van der Waals surface area contributed by atoms with Gasteiger partial charge in [-0.15, -0.1) is 11.3 Å². The standard InChI is InChI=1S/C14H12N2S/c1-14(5-6-14)13-16-12(9-17-13)11-4-2-3-10(7-11)8-15/h2-4,7,9H,5-6H2,1H3. The van der Waals surface area contributed by atoms with Crippen molar-refractivity contribution in [3.63, 3.8) is 0 Å². The molecule has 0 N–H and O–H groups in total. The summed E-state index contributed by atoms with van der Waals surface area (Å²) in [5, 5.41) is 12.2. The fourth-order valence-electron chi connectivity index (χ4n) is 1.83. The highest BCUT2D eigenvalue weighted by Gasteiger charge is 2.41. The molecule has 0 unspecified atom stereocenters. The molecule has 84 valence electrons. The molecule has 3 rings (SSSR count). The number of nitriles is 1. The lowest BCUT2D eigenvalue weighted by molar-refractivity contribution is 0.777. The number of thiazole rings is 1. The van der Waals surface area contributed by atoms with Crippen LogP contribution in [0.2, 0.25) is 0 Å². The molecule has 0 atom stereocenters. The summed E-state index contributed by atoms with van der Waals surface area (Å²) in [4.78, 5) is 4.70. The van der Waals surface area contributed by atoms with Crippen molar-refractivity contribution in [3.8, 4) is 17.3 Å². The van der Waals surface area contributed by atoms with Gasteiger partial charge in [-0.3, -0.25) is 0 Å². The van der Waals surface area contributed by atoms with Crippen molar-refractivity contribution in [2.75, 3.05) is 0 Å². The molecule has 1 aliphatic carbocycles. The van der Waals surface area contributed by atoms with Crippen molar-refractivity contribution >= 4 is 11.3 Å². The van der Waals surface area contributed by atoms with E-state index in [2.05, 4.69) is 18.4 Å². The SMILES string of the molecule is CC1(c2nc(-c3cccc(C#N)c3)cs2)CC1. The lowest BCUT2D eigenvalue weighted by Gasteiger charge is -2.01. The molecule has 3 heteroatoms. The topological polar surface area (TPSA) is 36.7 Å². The quantitative estimate of drug-likeness (QED) is 0.802. The van der Waals surface area contributed by atoms with Gasteiger partial charge in [-0.2, -0.15) is 5.26 Å². The van der Waals surface area contributed by atoms with Crippen LogP contribution in [0.25, 0.3) is 11.3 Å². The van der Waals surface area contributed by atoms with E-state index in [1.165, 1.54) is 17.8 Å². The molecule has 1 heterocycles. The average Bonchev–Trinajstić information content (AvgIpc) is 2.94. The molecular weight excluding hydrogens is 228 g/mol. The Balaban J connectivity index is 1.98. The van der Waals surface area contributed by atoms with E-state index in [9.17, 15) is 0 Å². The van der Waals surface area contributed by atoms with Crippen molar-refractivity contribution in [1.29, 1.82) is 5.26 Å². The molecule has 1 fully saturated rings. The van der Waals surface area contributed by atoms with E-state index >= 15 is 0 Å². The fraction of sp³-hybridized carbons (Fsp3) is 0.286. The predicted octanol–water partition coefficient (Wildman–Crippen LogP) is 3.73. The number of hydrogen-bond acceptors (Lipinski definition) is 3. The third-order valence-electron chi connectivity index (χ3n) is 3.31. The van der Waals surface area contributed by atoms with Gasteiger partial charge < -0.3 is 0 Å². The Kier molecular flexibility index (Phi) is 2.27. The Morgan fingerprint density at radius 1 is 1.41 bits per heavy atom. The first kappa shape index (κ1) is 10.5. The van der Waals surface area contributed by atoms with E-state index in [4.69, 9.17) is 10.2 Å². The first-order valence-electron chi connectivity index (χ1n) is 5.68. The number of nitrogens with zero attached hydrogens (tertiary/aromatic N) is 2. The first-order valence-corrected chi connectivity index (χ1v) is 6.56. The molecule has 17 heavy (non-hydrogen) atoms. The van der Waals surface area contributed by atoms with Crippen LogP contribution in [0.3, 0.4) is 0 Å². The summed E-state index contributed by atoms with van der Waals surface area (Å²) in [5.41, 5.74) is 3.05. The van der Waals surface area contributed by atoms with Crippen LogP contribution in [0.5, 0.6) is 0 Å². The lowest BCUT2D eigenvalue weighted by Crippen LogP contribution is -1.97. The molecule has 0 aliphatic heterocycles. The third-order valence-corrected chi connectivity index (χ3v) is 4.46. The molecule has 0 bridgehead atoms. The number of hydrogen-bond donors (Lipinski definition) is 0. The van der Waals surface area contributed by atoms with Gasteiger partial charge in [0.15, 0.2) is 0 Å². The maximum atomic E-state index is 8.89. The molecule has 0 saturated heterocycles. The molecule has 2 aromatic rings. The second kappa shape index (κ2) is 3.68. The van der Waals surface area contributed by atoms with Gasteiger partial charge in [0.25, 0.3) is 0 Å². The Morgan fingerprint density at radius 2 is 2.24 bits per heavy atom. The summed E-state index contributed by atoms with van der Waals surface area (Å²) in [5.74, 6) is 0. The molecule has 1 aliphatic rings. The monoisotopic (exact) mass is 240 g/mol. The van der Waals surface area contributed by atoms with E-state index in [-0.39, 0.29) is 0 Å². The summed E-state index contributed by atoms with van der Waals surface area (Å²) >= 11 is 1.73. The number of rotatable bonds is 2. The van der Waals surface area contributed by atoms with Crippen LogP contribution in [0.15, 0.2) is 29.6 Å². The fourth-order valence-corrected chi connectivity index (χ4v) is 2.88. The predicted molar refractivity (Wildman–Crippen MR) is 68.9 cm³/mol. The van der Waals surface area contributed by atoms with Crippen molar-refractivity contribution < 1.29 is 0 Å². The largest absolute Gasteiger partial charge is 0.241 e. The smallest absolute Gasteiger partial charge is 0.0991 e. The van der Waals surface area contributed by atoms with E-state index in [0.717, 1.165) is 11.3 Å². The second-order valence-corrected chi connectivity index (χ2v) is 5.65. The average molecular weight is 240 g/mol. The summed E-state index contributed by atoms with van der Waals surface area (Å²) < 4.78 is 0. The van der Waals surface area contributed by atoms with Crippen LogP contribution in [-0.4, -0.2) is 4.98 Å².